The summed E-state index contributed by atoms with van der Waals surface area (Å²) in [5.41, 5.74) is 0.661. The Morgan fingerprint density at radius 3 is 2.88 bits per heavy atom. The van der Waals surface area contributed by atoms with E-state index in [2.05, 4.69) is 23.8 Å². The molecule has 2 fully saturated rings. The lowest BCUT2D eigenvalue weighted by atomic mass is 9.83. The quantitative estimate of drug-likeness (QED) is 0.822. The third kappa shape index (κ3) is 3.92. The standard InChI is InChI=1S/C20H30N2O3/c1-4-12-25-19-13-16(24-3)7-8-17(19)20(23)22-10-5-6-15-14-21(2)11-9-18(15)22/h7-8,13,15,18H,4-6,9-12,14H2,1-3H3/t15-,18-/m0/s1. The number of piperidine rings is 2. The van der Waals surface area contributed by atoms with Gasteiger partial charge in [-0.25, -0.2) is 0 Å². The first-order chi connectivity index (χ1) is 12.1. The van der Waals surface area contributed by atoms with E-state index in [0.717, 1.165) is 44.6 Å². The summed E-state index contributed by atoms with van der Waals surface area (Å²) in [6.45, 7) is 5.67. The zero-order valence-corrected chi connectivity index (χ0v) is 15.7. The second-order valence-electron chi connectivity index (χ2n) is 7.23. The monoisotopic (exact) mass is 346 g/mol. The van der Waals surface area contributed by atoms with E-state index < -0.39 is 0 Å². The summed E-state index contributed by atoms with van der Waals surface area (Å²) in [4.78, 5) is 17.8. The Balaban J connectivity index is 1.84. The predicted molar refractivity (Wildman–Crippen MR) is 98.4 cm³/mol. The van der Waals surface area contributed by atoms with Crippen molar-refractivity contribution < 1.29 is 14.3 Å². The molecule has 1 amide bonds. The maximum absolute atomic E-state index is 13.3. The number of rotatable bonds is 5. The van der Waals surface area contributed by atoms with Crippen LogP contribution in [0.4, 0.5) is 0 Å². The van der Waals surface area contributed by atoms with E-state index in [1.165, 1.54) is 6.42 Å². The van der Waals surface area contributed by atoms with Crippen molar-refractivity contribution in [3.63, 3.8) is 0 Å². The fourth-order valence-corrected chi connectivity index (χ4v) is 4.13. The smallest absolute Gasteiger partial charge is 0.257 e. The summed E-state index contributed by atoms with van der Waals surface area (Å²) in [6, 6.07) is 5.89. The van der Waals surface area contributed by atoms with Crippen LogP contribution in [0.15, 0.2) is 18.2 Å². The Kier molecular flexibility index (Phi) is 5.84. The lowest BCUT2D eigenvalue weighted by Gasteiger charge is -2.46. The molecule has 1 aromatic carbocycles. The van der Waals surface area contributed by atoms with Gasteiger partial charge in [-0.15, -0.1) is 0 Å². The molecule has 25 heavy (non-hydrogen) atoms. The molecule has 0 spiro atoms. The lowest BCUT2D eigenvalue weighted by molar-refractivity contribution is 0.0251. The minimum atomic E-state index is 0.105. The summed E-state index contributed by atoms with van der Waals surface area (Å²) >= 11 is 0. The van der Waals surface area contributed by atoms with E-state index >= 15 is 0 Å². The summed E-state index contributed by atoms with van der Waals surface area (Å²) in [6.07, 6.45) is 4.28. The zero-order chi connectivity index (χ0) is 17.8. The number of nitrogens with zero attached hydrogens (tertiary/aromatic N) is 2. The number of benzene rings is 1. The Morgan fingerprint density at radius 2 is 2.12 bits per heavy atom. The molecular formula is C20H30N2O3. The fraction of sp³-hybridized carbons (Fsp3) is 0.650. The third-order valence-corrected chi connectivity index (χ3v) is 5.41. The first-order valence-corrected chi connectivity index (χ1v) is 9.44. The van der Waals surface area contributed by atoms with Crippen LogP contribution in [0.25, 0.3) is 0 Å². The van der Waals surface area contributed by atoms with Gasteiger partial charge >= 0.3 is 0 Å². The number of amides is 1. The van der Waals surface area contributed by atoms with Gasteiger partial charge in [-0.3, -0.25) is 4.79 Å². The van der Waals surface area contributed by atoms with Crippen molar-refractivity contribution in [2.75, 3.05) is 40.4 Å². The van der Waals surface area contributed by atoms with Crippen molar-refractivity contribution in [1.82, 2.24) is 9.80 Å². The van der Waals surface area contributed by atoms with Gasteiger partial charge in [-0.2, -0.15) is 0 Å². The Labute approximate surface area is 150 Å². The molecule has 2 aliphatic rings. The second kappa shape index (κ2) is 8.09. The molecule has 1 aromatic rings. The number of hydrogen-bond donors (Lipinski definition) is 0. The van der Waals surface area contributed by atoms with Gasteiger partial charge < -0.3 is 19.3 Å². The van der Waals surface area contributed by atoms with Crippen LogP contribution in [-0.4, -0.2) is 62.1 Å². The summed E-state index contributed by atoms with van der Waals surface area (Å²) in [5, 5.41) is 0. The van der Waals surface area contributed by atoms with E-state index in [0.29, 0.717) is 29.9 Å². The van der Waals surface area contributed by atoms with Crippen LogP contribution in [0, 0.1) is 5.92 Å². The SMILES string of the molecule is CCCOc1cc(OC)ccc1C(=O)N1CCC[C@H]2CN(C)CC[C@@H]21. The second-order valence-corrected chi connectivity index (χ2v) is 7.23. The molecule has 2 aliphatic heterocycles. The van der Waals surface area contributed by atoms with Gasteiger partial charge in [0.1, 0.15) is 11.5 Å². The van der Waals surface area contributed by atoms with Crippen LogP contribution in [0.1, 0.15) is 43.0 Å². The van der Waals surface area contributed by atoms with Crippen LogP contribution >= 0.6 is 0 Å². The molecule has 5 heteroatoms. The van der Waals surface area contributed by atoms with Crippen molar-refractivity contribution in [3.05, 3.63) is 23.8 Å². The highest BCUT2D eigenvalue weighted by molar-refractivity contribution is 5.97. The van der Waals surface area contributed by atoms with E-state index in [4.69, 9.17) is 9.47 Å². The highest BCUT2D eigenvalue weighted by atomic mass is 16.5. The molecule has 5 nitrogen and oxygen atoms in total. The number of carbonyl (C=O) groups is 1. The van der Waals surface area contributed by atoms with Crippen LogP contribution < -0.4 is 9.47 Å². The average Bonchev–Trinajstić information content (AvgIpc) is 2.64. The molecule has 3 rings (SSSR count). The minimum Gasteiger partial charge on any atom is -0.497 e. The molecular weight excluding hydrogens is 316 g/mol. The molecule has 2 heterocycles. The molecule has 138 valence electrons. The van der Waals surface area contributed by atoms with Gasteiger partial charge in [0.2, 0.25) is 0 Å². The van der Waals surface area contributed by atoms with Gasteiger partial charge in [0.15, 0.2) is 0 Å². The summed E-state index contributed by atoms with van der Waals surface area (Å²) in [5.74, 6) is 2.06. The van der Waals surface area contributed by atoms with Crippen LogP contribution in [-0.2, 0) is 0 Å². The molecule has 0 radical (unpaired) electrons. The molecule has 0 aliphatic carbocycles. The summed E-state index contributed by atoms with van der Waals surface area (Å²) < 4.78 is 11.2. The number of ether oxygens (including phenoxy) is 2. The molecule has 0 bridgehead atoms. The maximum Gasteiger partial charge on any atom is 0.257 e. The molecule has 0 saturated carbocycles. The lowest BCUT2D eigenvalue weighted by Crippen LogP contribution is -2.55. The predicted octanol–water partition coefficient (Wildman–Crippen LogP) is 3.04. The van der Waals surface area contributed by atoms with Crippen LogP contribution in [0.2, 0.25) is 0 Å². The normalized spacial score (nSPS) is 23.9. The number of methoxy groups -OCH3 is 1. The largest absolute Gasteiger partial charge is 0.497 e. The highest BCUT2D eigenvalue weighted by Gasteiger charge is 2.38. The number of fused-ring (bicyclic) bond motifs is 1. The molecule has 2 atom stereocenters. The highest BCUT2D eigenvalue weighted by Crippen LogP contribution is 2.33. The fourth-order valence-electron chi connectivity index (χ4n) is 4.13. The number of hydrogen-bond acceptors (Lipinski definition) is 4. The van der Waals surface area contributed by atoms with Crippen molar-refractivity contribution in [3.8, 4) is 11.5 Å². The first-order valence-electron chi connectivity index (χ1n) is 9.44. The van der Waals surface area contributed by atoms with Gasteiger partial charge in [0.05, 0.1) is 19.3 Å². The third-order valence-electron chi connectivity index (χ3n) is 5.41. The van der Waals surface area contributed by atoms with E-state index in [-0.39, 0.29) is 5.91 Å². The molecule has 0 aromatic heterocycles. The van der Waals surface area contributed by atoms with Gasteiger partial charge in [0.25, 0.3) is 5.91 Å². The maximum atomic E-state index is 13.3. The Hall–Kier alpha value is -1.75. The Morgan fingerprint density at radius 1 is 1.28 bits per heavy atom. The number of carbonyl (C=O) groups excluding carboxylic acids is 1. The minimum absolute atomic E-state index is 0.105. The van der Waals surface area contributed by atoms with Crippen molar-refractivity contribution in [2.24, 2.45) is 5.92 Å². The average molecular weight is 346 g/mol. The van der Waals surface area contributed by atoms with E-state index in [1.807, 2.05) is 18.2 Å². The van der Waals surface area contributed by atoms with Crippen molar-refractivity contribution in [2.45, 2.75) is 38.6 Å². The first kappa shape index (κ1) is 18.1. The van der Waals surface area contributed by atoms with Gasteiger partial charge in [-0.05, 0) is 57.3 Å². The van der Waals surface area contributed by atoms with Crippen molar-refractivity contribution >= 4 is 5.91 Å². The topological polar surface area (TPSA) is 42.0 Å². The van der Waals surface area contributed by atoms with E-state index in [1.54, 1.807) is 7.11 Å². The zero-order valence-electron chi connectivity index (χ0n) is 15.7. The van der Waals surface area contributed by atoms with Gasteiger partial charge in [0, 0.05) is 25.2 Å². The van der Waals surface area contributed by atoms with Crippen molar-refractivity contribution in [1.29, 1.82) is 0 Å². The molecule has 2 saturated heterocycles. The molecule has 0 unspecified atom stereocenters. The molecule has 0 N–H and O–H groups in total. The number of likely N-dealkylation sites (tertiary alicyclic amines) is 2. The van der Waals surface area contributed by atoms with Gasteiger partial charge in [-0.1, -0.05) is 6.92 Å². The Bertz CT molecular complexity index is 605. The summed E-state index contributed by atoms with van der Waals surface area (Å²) in [7, 11) is 3.81. The van der Waals surface area contributed by atoms with Crippen LogP contribution in [0.5, 0.6) is 11.5 Å². The van der Waals surface area contributed by atoms with Crippen LogP contribution in [0.3, 0.4) is 0 Å². The van der Waals surface area contributed by atoms with E-state index in [9.17, 15) is 4.79 Å².